The van der Waals surface area contributed by atoms with Gasteiger partial charge < -0.3 is 10.5 Å². The van der Waals surface area contributed by atoms with Crippen LogP contribution in [0.5, 0.6) is 5.75 Å². The quantitative estimate of drug-likeness (QED) is 0.742. The number of halogens is 1. The molecule has 0 radical (unpaired) electrons. The predicted octanol–water partition coefficient (Wildman–Crippen LogP) is 3.84. The molecule has 3 rings (SSSR count). The smallest absolute Gasteiger partial charge is 0.167 e. The first-order valence-corrected chi connectivity index (χ1v) is 6.65. The average Bonchev–Trinajstić information content (AvgIpc) is 2.49. The van der Waals surface area contributed by atoms with Crippen molar-refractivity contribution in [2.75, 3.05) is 5.73 Å². The predicted molar refractivity (Wildman–Crippen MR) is 81.6 cm³/mol. The standard InChI is InChI=1S/C17H15FN2O/c1-11-7-17(14(18)9-15(11)19)21-10-12-4-5-16-13(8-12)3-2-6-20-16/h2-9H,10,19H2,1H3. The van der Waals surface area contributed by atoms with E-state index in [0.29, 0.717) is 12.3 Å². The number of hydrogen-bond acceptors (Lipinski definition) is 3. The Balaban J connectivity index is 1.81. The van der Waals surface area contributed by atoms with E-state index in [1.807, 2.05) is 37.3 Å². The molecule has 2 aromatic carbocycles. The van der Waals surface area contributed by atoms with Crippen LogP contribution in [0.1, 0.15) is 11.1 Å². The summed E-state index contributed by atoms with van der Waals surface area (Å²) in [4.78, 5) is 4.26. The summed E-state index contributed by atoms with van der Waals surface area (Å²) in [7, 11) is 0. The van der Waals surface area contributed by atoms with E-state index in [1.54, 1.807) is 12.3 Å². The number of anilines is 1. The molecule has 4 heteroatoms. The van der Waals surface area contributed by atoms with E-state index in [1.165, 1.54) is 6.07 Å². The fourth-order valence-electron chi connectivity index (χ4n) is 2.16. The number of nitrogens with two attached hydrogens (primary N) is 1. The molecule has 1 aromatic heterocycles. The number of fused-ring (bicyclic) bond motifs is 1. The number of aromatic nitrogens is 1. The number of benzene rings is 2. The molecule has 106 valence electrons. The van der Waals surface area contributed by atoms with Gasteiger partial charge in [0.05, 0.1) is 5.52 Å². The Bertz CT molecular complexity index is 802. The minimum absolute atomic E-state index is 0.216. The van der Waals surface area contributed by atoms with Crippen molar-refractivity contribution in [1.82, 2.24) is 4.98 Å². The van der Waals surface area contributed by atoms with Gasteiger partial charge in [-0.05, 0) is 42.3 Å². The molecule has 0 fully saturated rings. The van der Waals surface area contributed by atoms with Crippen LogP contribution in [0.2, 0.25) is 0 Å². The molecule has 0 saturated carbocycles. The van der Waals surface area contributed by atoms with Crippen LogP contribution in [0.15, 0.2) is 48.7 Å². The monoisotopic (exact) mass is 282 g/mol. The van der Waals surface area contributed by atoms with Crippen molar-refractivity contribution >= 4 is 16.6 Å². The van der Waals surface area contributed by atoms with Gasteiger partial charge in [0.25, 0.3) is 0 Å². The van der Waals surface area contributed by atoms with Crippen LogP contribution in [0.3, 0.4) is 0 Å². The van der Waals surface area contributed by atoms with Crippen LogP contribution >= 0.6 is 0 Å². The van der Waals surface area contributed by atoms with Crippen molar-refractivity contribution in [2.45, 2.75) is 13.5 Å². The lowest BCUT2D eigenvalue weighted by Crippen LogP contribution is -2.00. The van der Waals surface area contributed by atoms with Crippen LogP contribution in [0, 0.1) is 12.7 Å². The molecule has 0 bridgehead atoms. The number of nitrogen functional groups attached to an aromatic ring is 1. The van der Waals surface area contributed by atoms with Crippen LogP contribution in [0.4, 0.5) is 10.1 Å². The Morgan fingerprint density at radius 2 is 2.05 bits per heavy atom. The van der Waals surface area contributed by atoms with Crippen molar-refractivity contribution in [3.63, 3.8) is 0 Å². The molecule has 0 aliphatic heterocycles. The van der Waals surface area contributed by atoms with E-state index in [-0.39, 0.29) is 5.75 Å². The average molecular weight is 282 g/mol. The lowest BCUT2D eigenvalue weighted by Gasteiger charge is -2.10. The van der Waals surface area contributed by atoms with Gasteiger partial charge >= 0.3 is 0 Å². The zero-order chi connectivity index (χ0) is 14.8. The van der Waals surface area contributed by atoms with Gasteiger partial charge in [-0.2, -0.15) is 0 Å². The maximum Gasteiger partial charge on any atom is 0.167 e. The Morgan fingerprint density at radius 1 is 1.19 bits per heavy atom. The molecule has 0 spiro atoms. The molecule has 1 heterocycles. The van der Waals surface area contributed by atoms with E-state index in [9.17, 15) is 4.39 Å². The highest BCUT2D eigenvalue weighted by Gasteiger charge is 2.07. The van der Waals surface area contributed by atoms with E-state index in [0.717, 1.165) is 22.0 Å². The molecule has 0 atom stereocenters. The van der Waals surface area contributed by atoms with Gasteiger partial charge in [-0.25, -0.2) is 4.39 Å². The number of hydrogen-bond donors (Lipinski definition) is 1. The topological polar surface area (TPSA) is 48.1 Å². The first-order valence-electron chi connectivity index (χ1n) is 6.65. The summed E-state index contributed by atoms with van der Waals surface area (Å²) < 4.78 is 19.3. The molecule has 2 N–H and O–H groups in total. The van der Waals surface area contributed by atoms with Crippen molar-refractivity contribution < 1.29 is 9.13 Å². The van der Waals surface area contributed by atoms with E-state index >= 15 is 0 Å². The van der Waals surface area contributed by atoms with E-state index in [4.69, 9.17) is 10.5 Å². The molecule has 21 heavy (non-hydrogen) atoms. The Labute approximate surface area is 122 Å². The molecular weight excluding hydrogens is 267 g/mol. The summed E-state index contributed by atoms with van der Waals surface area (Å²) in [5.74, 6) is -0.228. The zero-order valence-electron chi connectivity index (χ0n) is 11.6. The maximum absolute atomic E-state index is 13.8. The van der Waals surface area contributed by atoms with Crippen LogP contribution in [-0.2, 0) is 6.61 Å². The highest BCUT2D eigenvalue weighted by atomic mass is 19.1. The van der Waals surface area contributed by atoms with Crippen molar-refractivity contribution in [2.24, 2.45) is 0 Å². The molecular formula is C17H15FN2O. The fraction of sp³-hybridized carbons (Fsp3) is 0.118. The summed E-state index contributed by atoms with van der Waals surface area (Å²) in [6.07, 6.45) is 1.75. The van der Waals surface area contributed by atoms with Gasteiger partial charge in [0.15, 0.2) is 11.6 Å². The van der Waals surface area contributed by atoms with Gasteiger partial charge in [0, 0.05) is 23.3 Å². The second-order valence-electron chi connectivity index (χ2n) is 4.96. The summed E-state index contributed by atoms with van der Waals surface area (Å²) in [6.45, 7) is 2.12. The summed E-state index contributed by atoms with van der Waals surface area (Å²) in [5, 5.41) is 1.03. The van der Waals surface area contributed by atoms with Crippen molar-refractivity contribution in [3.05, 3.63) is 65.6 Å². The van der Waals surface area contributed by atoms with Crippen LogP contribution in [-0.4, -0.2) is 4.98 Å². The maximum atomic E-state index is 13.8. The van der Waals surface area contributed by atoms with Gasteiger partial charge in [0.2, 0.25) is 0 Å². The molecule has 0 amide bonds. The highest BCUT2D eigenvalue weighted by molar-refractivity contribution is 5.78. The van der Waals surface area contributed by atoms with Crippen LogP contribution in [0.25, 0.3) is 10.9 Å². The molecule has 0 aliphatic carbocycles. The minimum Gasteiger partial charge on any atom is -0.486 e. The number of ether oxygens (including phenoxy) is 1. The summed E-state index contributed by atoms with van der Waals surface area (Å²) >= 11 is 0. The van der Waals surface area contributed by atoms with Gasteiger partial charge in [-0.3, -0.25) is 4.98 Å². The Kier molecular flexibility index (Phi) is 3.44. The summed E-state index contributed by atoms with van der Waals surface area (Å²) in [6, 6.07) is 12.6. The number of nitrogens with zero attached hydrogens (tertiary/aromatic N) is 1. The Hall–Kier alpha value is -2.62. The van der Waals surface area contributed by atoms with Crippen molar-refractivity contribution in [1.29, 1.82) is 0 Å². The van der Waals surface area contributed by atoms with Gasteiger partial charge in [-0.1, -0.05) is 12.1 Å². The third kappa shape index (κ3) is 2.79. The van der Waals surface area contributed by atoms with Crippen molar-refractivity contribution in [3.8, 4) is 5.75 Å². The molecule has 0 unspecified atom stereocenters. The van der Waals surface area contributed by atoms with Gasteiger partial charge in [-0.15, -0.1) is 0 Å². The second kappa shape index (κ2) is 5.40. The Morgan fingerprint density at radius 3 is 2.90 bits per heavy atom. The molecule has 0 aliphatic rings. The second-order valence-corrected chi connectivity index (χ2v) is 4.96. The molecule has 3 nitrogen and oxygen atoms in total. The van der Waals surface area contributed by atoms with Gasteiger partial charge in [0.1, 0.15) is 6.61 Å². The number of pyridine rings is 1. The molecule has 0 saturated heterocycles. The largest absolute Gasteiger partial charge is 0.486 e. The fourth-order valence-corrected chi connectivity index (χ4v) is 2.16. The van der Waals surface area contributed by atoms with E-state index in [2.05, 4.69) is 4.98 Å². The van der Waals surface area contributed by atoms with E-state index < -0.39 is 5.82 Å². The summed E-state index contributed by atoms with van der Waals surface area (Å²) in [5.41, 5.74) is 8.77. The molecule has 3 aromatic rings. The first kappa shape index (κ1) is 13.4. The first-order chi connectivity index (χ1) is 10.1. The normalized spacial score (nSPS) is 10.8. The lowest BCUT2D eigenvalue weighted by molar-refractivity contribution is 0.290. The van der Waals surface area contributed by atoms with Crippen LogP contribution < -0.4 is 10.5 Å². The number of rotatable bonds is 3. The third-order valence-corrected chi connectivity index (χ3v) is 3.38. The number of aryl methyl sites for hydroxylation is 1. The minimum atomic E-state index is -0.444. The zero-order valence-corrected chi connectivity index (χ0v) is 11.6. The SMILES string of the molecule is Cc1cc(OCc2ccc3ncccc3c2)c(F)cc1N. The third-order valence-electron chi connectivity index (χ3n) is 3.38. The highest BCUT2D eigenvalue weighted by Crippen LogP contribution is 2.24. The lowest BCUT2D eigenvalue weighted by atomic mass is 10.1.